The van der Waals surface area contributed by atoms with Crippen LogP contribution in [0.5, 0.6) is 5.75 Å². The van der Waals surface area contributed by atoms with Gasteiger partial charge < -0.3 is 16.2 Å². The molecule has 0 aliphatic heterocycles. The number of fused-ring (bicyclic) bond motifs is 1. The third-order valence-corrected chi connectivity index (χ3v) is 3.06. The second-order valence-corrected chi connectivity index (χ2v) is 4.40. The number of rotatable bonds is 3. The summed E-state index contributed by atoms with van der Waals surface area (Å²) in [6, 6.07) is 14.3. The normalized spacial score (nSPS) is 10.6. The smallest absolute Gasteiger partial charge is 0.222 e. The van der Waals surface area contributed by atoms with Gasteiger partial charge in [0, 0.05) is 0 Å². The number of nitrogen functional groups attached to an aromatic ring is 2. The lowest BCUT2D eigenvalue weighted by molar-refractivity contribution is 0.307. The van der Waals surface area contributed by atoms with E-state index in [1.807, 2.05) is 24.3 Å². The number of ether oxygens (including phenoxy) is 1. The summed E-state index contributed by atoms with van der Waals surface area (Å²) in [6.07, 6.45) is 1.49. The maximum Gasteiger partial charge on any atom is 0.222 e. The van der Waals surface area contributed by atoms with E-state index in [-0.39, 0.29) is 11.8 Å². The summed E-state index contributed by atoms with van der Waals surface area (Å²) in [5.41, 5.74) is 12.3. The summed E-state index contributed by atoms with van der Waals surface area (Å²) in [5.74, 6) is 0.824. The van der Waals surface area contributed by atoms with Crippen LogP contribution in [0.2, 0.25) is 0 Å². The number of benzene rings is 2. The van der Waals surface area contributed by atoms with Crippen molar-refractivity contribution in [3.8, 4) is 5.75 Å². The summed E-state index contributed by atoms with van der Waals surface area (Å²) in [5, 5.41) is 2.33. The molecule has 5 heteroatoms. The highest BCUT2D eigenvalue weighted by atomic mass is 16.5. The van der Waals surface area contributed by atoms with Crippen LogP contribution in [0.15, 0.2) is 48.7 Å². The monoisotopic (exact) mass is 266 g/mol. The Labute approximate surface area is 116 Å². The molecule has 0 saturated carbocycles. The maximum absolute atomic E-state index is 5.74. The first-order valence-corrected chi connectivity index (χ1v) is 6.21. The van der Waals surface area contributed by atoms with E-state index in [2.05, 4.69) is 28.2 Å². The molecule has 1 aromatic heterocycles. The molecule has 0 spiro atoms. The quantitative estimate of drug-likeness (QED) is 0.760. The minimum Gasteiger partial charge on any atom is -0.483 e. The fraction of sp³-hybridized carbons (Fsp3) is 0.0667. The molecule has 1 heterocycles. The van der Waals surface area contributed by atoms with Crippen LogP contribution in [0.25, 0.3) is 10.8 Å². The zero-order chi connectivity index (χ0) is 13.9. The van der Waals surface area contributed by atoms with Gasteiger partial charge in [0.05, 0.1) is 6.20 Å². The molecule has 100 valence electrons. The molecule has 5 nitrogen and oxygen atoms in total. The standard InChI is InChI=1S/C15H14N4O/c16-14-13(8-18-15(17)19-14)20-9-11-6-3-5-10-4-1-2-7-12(10)11/h1-8H,9H2,(H4,16,17,18,19). The van der Waals surface area contributed by atoms with E-state index in [1.54, 1.807) is 0 Å². The van der Waals surface area contributed by atoms with Crippen LogP contribution in [-0.2, 0) is 6.61 Å². The Bertz CT molecular complexity index is 752. The average Bonchev–Trinajstić information content (AvgIpc) is 2.46. The number of hydrogen-bond acceptors (Lipinski definition) is 5. The van der Waals surface area contributed by atoms with Crippen LogP contribution >= 0.6 is 0 Å². The lowest BCUT2D eigenvalue weighted by Crippen LogP contribution is -2.04. The lowest BCUT2D eigenvalue weighted by Gasteiger charge is -2.10. The fourth-order valence-electron chi connectivity index (χ4n) is 2.08. The van der Waals surface area contributed by atoms with Gasteiger partial charge in [-0.05, 0) is 16.3 Å². The van der Waals surface area contributed by atoms with Crippen molar-refractivity contribution in [2.75, 3.05) is 11.5 Å². The highest BCUT2D eigenvalue weighted by Gasteiger charge is 2.05. The summed E-state index contributed by atoms with van der Waals surface area (Å²) in [4.78, 5) is 7.74. The number of aromatic nitrogens is 2. The molecule has 2 aromatic carbocycles. The van der Waals surface area contributed by atoms with Gasteiger partial charge in [0.1, 0.15) is 6.61 Å². The van der Waals surface area contributed by atoms with Crippen molar-refractivity contribution in [1.29, 1.82) is 0 Å². The molecule has 0 amide bonds. The predicted molar refractivity (Wildman–Crippen MR) is 79.1 cm³/mol. The van der Waals surface area contributed by atoms with Crippen LogP contribution in [0, 0.1) is 0 Å². The molecule has 0 aliphatic carbocycles. The Kier molecular flexibility index (Phi) is 3.09. The zero-order valence-corrected chi connectivity index (χ0v) is 10.8. The van der Waals surface area contributed by atoms with E-state index in [4.69, 9.17) is 16.2 Å². The van der Waals surface area contributed by atoms with Crippen LogP contribution in [-0.4, -0.2) is 9.97 Å². The lowest BCUT2D eigenvalue weighted by atomic mass is 10.1. The first kappa shape index (κ1) is 12.2. The number of anilines is 2. The van der Waals surface area contributed by atoms with Crippen LogP contribution in [0.1, 0.15) is 5.56 Å². The Morgan fingerprint density at radius 1 is 1.00 bits per heavy atom. The topological polar surface area (TPSA) is 87.0 Å². The minimum atomic E-state index is 0.139. The van der Waals surface area contributed by atoms with E-state index in [0.717, 1.165) is 10.9 Å². The van der Waals surface area contributed by atoms with Gasteiger partial charge in [0.2, 0.25) is 5.95 Å². The second-order valence-electron chi connectivity index (χ2n) is 4.40. The van der Waals surface area contributed by atoms with Crippen molar-refractivity contribution in [3.05, 3.63) is 54.2 Å². The second kappa shape index (κ2) is 5.05. The highest BCUT2D eigenvalue weighted by Crippen LogP contribution is 2.23. The van der Waals surface area contributed by atoms with Gasteiger partial charge in [-0.15, -0.1) is 0 Å². The molecular weight excluding hydrogens is 252 g/mol. The first-order chi connectivity index (χ1) is 9.74. The molecule has 0 unspecified atom stereocenters. The molecule has 0 bridgehead atoms. The predicted octanol–water partition coefficient (Wildman–Crippen LogP) is 2.37. The van der Waals surface area contributed by atoms with E-state index in [1.165, 1.54) is 11.6 Å². The summed E-state index contributed by atoms with van der Waals surface area (Å²) in [6.45, 7) is 0.402. The van der Waals surface area contributed by atoms with Gasteiger partial charge in [-0.3, -0.25) is 0 Å². The Balaban J connectivity index is 1.87. The first-order valence-electron chi connectivity index (χ1n) is 6.21. The van der Waals surface area contributed by atoms with E-state index in [9.17, 15) is 0 Å². The average molecular weight is 266 g/mol. The fourth-order valence-corrected chi connectivity index (χ4v) is 2.08. The van der Waals surface area contributed by atoms with Gasteiger partial charge in [-0.1, -0.05) is 42.5 Å². The van der Waals surface area contributed by atoms with Crippen LogP contribution in [0.4, 0.5) is 11.8 Å². The highest BCUT2D eigenvalue weighted by molar-refractivity contribution is 5.85. The van der Waals surface area contributed by atoms with Gasteiger partial charge in [0.25, 0.3) is 0 Å². The Morgan fingerprint density at radius 3 is 2.65 bits per heavy atom. The van der Waals surface area contributed by atoms with Crippen LogP contribution < -0.4 is 16.2 Å². The van der Waals surface area contributed by atoms with Crippen molar-refractivity contribution in [3.63, 3.8) is 0 Å². The van der Waals surface area contributed by atoms with Crippen molar-refractivity contribution < 1.29 is 4.74 Å². The zero-order valence-electron chi connectivity index (χ0n) is 10.8. The molecule has 4 N–H and O–H groups in total. The van der Waals surface area contributed by atoms with Crippen molar-refractivity contribution in [2.45, 2.75) is 6.61 Å². The van der Waals surface area contributed by atoms with Gasteiger partial charge in [-0.2, -0.15) is 4.98 Å². The number of nitrogens with zero attached hydrogens (tertiary/aromatic N) is 2. The van der Waals surface area contributed by atoms with Crippen molar-refractivity contribution >= 4 is 22.5 Å². The summed E-state index contributed by atoms with van der Waals surface area (Å²) < 4.78 is 5.68. The molecule has 0 radical (unpaired) electrons. The Hall–Kier alpha value is -2.82. The number of hydrogen-bond donors (Lipinski definition) is 2. The third-order valence-electron chi connectivity index (χ3n) is 3.06. The molecule has 0 fully saturated rings. The summed E-state index contributed by atoms with van der Waals surface area (Å²) >= 11 is 0. The van der Waals surface area contributed by atoms with Gasteiger partial charge in [-0.25, -0.2) is 4.98 Å². The molecular formula is C15H14N4O. The molecule has 0 saturated heterocycles. The molecule has 0 atom stereocenters. The van der Waals surface area contributed by atoms with E-state index < -0.39 is 0 Å². The minimum absolute atomic E-state index is 0.139. The van der Waals surface area contributed by atoms with E-state index in [0.29, 0.717) is 12.4 Å². The van der Waals surface area contributed by atoms with Crippen molar-refractivity contribution in [2.24, 2.45) is 0 Å². The maximum atomic E-state index is 5.74. The van der Waals surface area contributed by atoms with Gasteiger partial charge in [0.15, 0.2) is 11.6 Å². The molecule has 3 aromatic rings. The molecule has 20 heavy (non-hydrogen) atoms. The third kappa shape index (κ3) is 2.33. The van der Waals surface area contributed by atoms with Crippen molar-refractivity contribution in [1.82, 2.24) is 9.97 Å². The Morgan fingerprint density at radius 2 is 1.80 bits per heavy atom. The van der Waals surface area contributed by atoms with Gasteiger partial charge >= 0.3 is 0 Å². The summed E-state index contributed by atoms with van der Waals surface area (Å²) in [7, 11) is 0. The van der Waals surface area contributed by atoms with Crippen LogP contribution in [0.3, 0.4) is 0 Å². The number of nitrogens with two attached hydrogens (primary N) is 2. The molecule has 0 aliphatic rings. The largest absolute Gasteiger partial charge is 0.483 e. The molecule has 3 rings (SSSR count). The SMILES string of the molecule is Nc1ncc(OCc2cccc3ccccc23)c(N)n1. The van der Waals surface area contributed by atoms with E-state index >= 15 is 0 Å².